The molecule has 5 heteroatoms. The molecule has 1 aliphatic rings. The highest BCUT2D eigenvalue weighted by atomic mass is 35.5. The monoisotopic (exact) mass is 296 g/mol. The Morgan fingerprint density at radius 1 is 1.45 bits per heavy atom. The molecule has 0 spiro atoms. The number of amides is 1. The van der Waals surface area contributed by atoms with Crippen LogP contribution in [-0.2, 0) is 9.53 Å². The molecule has 1 aliphatic carbocycles. The number of halogens is 1. The Labute approximate surface area is 125 Å². The predicted molar refractivity (Wildman–Crippen MR) is 82.7 cm³/mol. The van der Waals surface area contributed by atoms with E-state index in [0.29, 0.717) is 18.2 Å². The lowest BCUT2D eigenvalue weighted by Gasteiger charge is -2.39. The number of carbonyl (C=O) groups is 1. The van der Waals surface area contributed by atoms with Gasteiger partial charge in [-0.2, -0.15) is 0 Å². The number of nitrogens with zero attached hydrogens (tertiary/aromatic N) is 2. The van der Waals surface area contributed by atoms with E-state index in [9.17, 15) is 4.79 Å². The highest BCUT2D eigenvalue weighted by Gasteiger charge is 2.34. The van der Waals surface area contributed by atoms with E-state index in [0.717, 1.165) is 24.0 Å². The average molecular weight is 297 g/mol. The van der Waals surface area contributed by atoms with Crippen LogP contribution in [0.2, 0.25) is 0 Å². The summed E-state index contributed by atoms with van der Waals surface area (Å²) in [6.45, 7) is 9.80. The van der Waals surface area contributed by atoms with Crippen molar-refractivity contribution < 1.29 is 9.53 Å². The number of hydrogen-bond acceptors (Lipinski definition) is 3. The summed E-state index contributed by atoms with van der Waals surface area (Å²) in [6.07, 6.45) is 6.33. The van der Waals surface area contributed by atoms with Crippen LogP contribution in [0.4, 0.5) is 0 Å². The lowest BCUT2D eigenvalue weighted by Crippen LogP contribution is -2.42. The Balaban J connectivity index is 2.54. The Hall–Kier alpha value is -1.55. The van der Waals surface area contributed by atoms with Gasteiger partial charge in [-0.05, 0) is 25.7 Å². The third-order valence-corrected chi connectivity index (χ3v) is 3.51. The van der Waals surface area contributed by atoms with Crippen LogP contribution in [0, 0.1) is 5.92 Å². The number of hydrogen-bond donors (Lipinski definition) is 0. The molecule has 0 radical (unpaired) electrons. The van der Waals surface area contributed by atoms with Gasteiger partial charge in [0.2, 0.25) is 12.3 Å². The van der Waals surface area contributed by atoms with Crippen molar-refractivity contribution in [1.82, 2.24) is 5.01 Å². The number of allylic oxidation sites excluding steroid dienone is 4. The number of hydrazone groups is 1. The topological polar surface area (TPSA) is 41.9 Å². The molecule has 0 atom stereocenters. The molecule has 1 saturated carbocycles. The summed E-state index contributed by atoms with van der Waals surface area (Å²) < 4.78 is 4.97. The third-order valence-electron chi connectivity index (χ3n) is 3.28. The van der Waals surface area contributed by atoms with Crippen molar-refractivity contribution in [2.24, 2.45) is 11.0 Å². The van der Waals surface area contributed by atoms with E-state index in [-0.39, 0.29) is 11.9 Å². The van der Waals surface area contributed by atoms with Gasteiger partial charge < -0.3 is 4.74 Å². The van der Waals surface area contributed by atoms with E-state index in [2.05, 4.69) is 18.3 Å². The minimum atomic E-state index is 0.0841. The summed E-state index contributed by atoms with van der Waals surface area (Å²) in [7, 11) is 1.48. The molecule has 0 N–H and O–H groups in total. The Bertz CT molecular complexity index is 431. The first-order chi connectivity index (χ1) is 9.51. The predicted octanol–water partition coefficient (Wildman–Crippen LogP) is 3.11. The van der Waals surface area contributed by atoms with E-state index >= 15 is 0 Å². The normalized spacial score (nSPS) is 22.2. The van der Waals surface area contributed by atoms with Crippen molar-refractivity contribution in [2.75, 3.05) is 13.0 Å². The van der Waals surface area contributed by atoms with Crippen LogP contribution in [0.25, 0.3) is 0 Å². The van der Waals surface area contributed by atoms with E-state index in [1.807, 2.05) is 19.1 Å². The van der Waals surface area contributed by atoms with Crippen molar-refractivity contribution in [1.29, 1.82) is 0 Å². The summed E-state index contributed by atoms with van der Waals surface area (Å²) in [6, 6.07) is 0.0841. The van der Waals surface area contributed by atoms with Gasteiger partial charge in [-0.15, -0.1) is 16.7 Å². The van der Waals surface area contributed by atoms with E-state index in [1.165, 1.54) is 12.1 Å². The summed E-state index contributed by atoms with van der Waals surface area (Å²) in [4.78, 5) is 11.1. The minimum absolute atomic E-state index is 0.0841. The smallest absolute Gasteiger partial charge is 0.230 e. The van der Waals surface area contributed by atoms with Gasteiger partial charge in [-0.3, -0.25) is 4.79 Å². The zero-order valence-corrected chi connectivity index (χ0v) is 12.8. The maximum atomic E-state index is 11.1. The summed E-state index contributed by atoms with van der Waals surface area (Å²) in [5, 5.41) is 5.47. The molecule has 0 heterocycles. The molecular formula is C15H21ClN2O2. The highest BCUT2D eigenvalue weighted by molar-refractivity contribution is 6.27. The van der Waals surface area contributed by atoms with Crippen molar-refractivity contribution in [2.45, 2.75) is 25.8 Å². The van der Waals surface area contributed by atoms with Gasteiger partial charge in [-0.25, -0.2) is 5.01 Å². The van der Waals surface area contributed by atoms with E-state index in [1.54, 1.807) is 0 Å². The quantitative estimate of drug-likeness (QED) is 0.181. The van der Waals surface area contributed by atoms with Crippen molar-refractivity contribution in [3.05, 3.63) is 36.5 Å². The van der Waals surface area contributed by atoms with Gasteiger partial charge in [0.15, 0.2) is 0 Å². The first-order valence-corrected chi connectivity index (χ1v) is 6.98. The lowest BCUT2D eigenvalue weighted by atomic mass is 9.75. The van der Waals surface area contributed by atoms with Crippen LogP contribution >= 0.6 is 11.6 Å². The van der Waals surface area contributed by atoms with Crippen LogP contribution in [0.5, 0.6) is 0 Å². The van der Waals surface area contributed by atoms with Gasteiger partial charge in [-0.1, -0.05) is 36.5 Å². The van der Waals surface area contributed by atoms with Crippen LogP contribution in [-0.4, -0.2) is 36.3 Å². The number of rotatable bonds is 7. The number of methoxy groups -OCH3 is 1. The maximum absolute atomic E-state index is 11.1. The van der Waals surface area contributed by atoms with Crippen molar-refractivity contribution in [3.8, 4) is 0 Å². The van der Waals surface area contributed by atoms with Crippen LogP contribution in [0.1, 0.15) is 19.8 Å². The zero-order chi connectivity index (χ0) is 15.1. The SMILES string of the molecule is C=C(C)/C=C\C(=C)C1CC(N(C=O)/N=C(/CCl)OC)C1. The fourth-order valence-corrected chi connectivity index (χ4v) is 2.10. The minimum Gasteiger partial charge on any atom is -0.482 e. The first kappa shape index (κ1) is 16.5. The molecule has 0 aromatic carbocycles. The second kappa shape index (κ2) is 7.90. The number of alkyl halides is 1. The maximum Gasteiger partial charge on any atom is 0.230 e. The molecular weight excluding hydrogens is 276 g/mol. The molecule has 0 aromatic rings. The lowest BCUT2D eigenvalue weighted by molar-refractivity contribution is -0.122. The second-order valence-corrected chi connectivity index (χ2v) is 5.16. The molecule has 0 bridgehead atoms. The largest absolute Gasteiger partial charge is 0.482 e. The molecule has 20 heavy (non-hydrogen) atoms. The third kappa shape index (κ3) is 4.53. The zero-order valence-electron chi connectivity index (χ0n) is 12.0. The van der Waals surface area contributed by atoms with Crippen LogP contribution < -0.4 is 0 Å². The average Bonchev–Trinajstić information content (AvgIpc) is 2.38. The Kier molecular flexibility index (Phi) is 6.52. The van der Waals surface area contributed by atoms with Crippen molar-refractivity contribution in [3.63, 3.8) is 0 Å². The molecule has 0 aromatic heterocycles. The molecule has 4 nitrogen and oxygen atoms in total. The second-order valence-electron chi connectivity index (χ2n) is 4.89. The van der Waals surface area contributed by atoms with Gasteiger partial charge in [0.1, 0.15) is 5.88 Å². The molecule has 110 valence electrons. The number of carbonyl (C=O) groups excluding carboxylic acids is 1. The van der Waals surface area contributed by atoms with Gasteiger partial charge in [0, 0.05) is 0 Å². The molecule has 0 saturated heterocycles. The molecule has 1 fully saturated rings. The van der Waals surface area contributed by atoms with Crippen LogP contribution in [0.15, 0.2) is 41.6 Å². The molecule has 1 amide bonds. The van der Waals surface area contributed by atoms with Gasteiger partial charge >= 0.3 is 0 Å². The molecule has 0 unspecified atom stereocenters. The van der Waals surface area contributed by atoms with Gasteiger partial charge in [0.05, 0.1) is 13.2 Å². The fourth-order valence-electron chi connectivity index (χ4n) is 1.93. The van der Waals surface area contributed by atoms with E-state index in [4.69, 9.17) is 16.3 Å². The van der Waals surface area contributed by atoms with Crippen LogP contribution in [0.3, 0.4) is 0 Å². The Morgan fingerprint density at radius 2 is 2.10 bits per heavy atom. The summed E-state index contributed by atoms with van der Waals surface area (Å²) in [5.41, 5.74) is 2.05. The fraction of sp³-hybridized carbons (Fsp3) is 0.467. The highest BCUT2D eigenvalue weighted by Crippen LogP contribution is 2.36. The molecule has 1 rings (SSSR count). The summed E-state index contributed by atoms with van der Waals surface area (Å²) >= 11 is 5.65. The standard InChI is InChI=1S/C15H21ClN2O2/c1-11(2)5-6-12(3)13-7-14(8-13)18(10-19)17-15(9-16)20-4/h5-6,10,13-14H,1,3,7-9H2,2,4H3/b6-5-,17-15-. The number of ether oxygens (including phenoxy) is 1. The Morgan fingerprint density at radius 3 is 2.55 bits per heavy atom. The van der Waals surface area contributed by atoms with E-state index < -0.39 is 0 Å². The molecule has 0 aliphatic heterocycles. The van der Waals surface area contributed by atoms with Crippen molar-refractivity contribution >= 4 is 23.9 Å². The summed E-state index contributed by atoms with van der Waals surface area (Å²) in [5.74, 6) is 0.865. The first-order valence-electron chi connectivity index (χ1n) is 6.45. The van der Waals surface area contributed by atoms with Gasteiger partial charge in [0.25, 0.3) is 0 Å².